The molecule has 3 heterocycles. The topological polar surface area (TPSA) is 113 Å². The minimum absolute atomic E-state index is 0.00703. The number of benzene rings is 2. The number of aromatic nitrogens is 3. The smallest absolute Gasteiger partial charge is 0.257 e. The molecule has 0 radical (unpaired) electrons. The second-order valence-corrected chi connectivity index (χ2v) is 9.37. The summed E-state index contributed by atoms with van der Waals surface area (Å²) in [6, 6.07) is 15.7. The third kappa shape index (κ3) is 5.57. The molecule has 0 aliphatic carbocycles. The van der Waals surface area contributed by atoms with E-state index in [-0.39, 0.29) is 23.3 Å². The van der Waals surface area contributed by atoms with E-state index in [1.165, 1.54) is 44.7 Å². The quantitative estimate of drug-likeness (QED) is 0.224. The number of rotatable bonds is 10. The van der Waals surface area contributed by atoms with Crippen LogP contribution in [0.1, 0.15) is 28.5 Å². The Balaban J connectivity index is 1.41. The molecule has 0 unspecified atom stereocenters. The Morgan fingerprint density at radius 2 is 1.74 bits per heavy atom. The van der Waals surface area contributed by atoms with E-state index in [1.54, 1.807) is 47.2 Å². The van der Waals surface area contributed by atoms with Crippen LogP contribution in [0.3, 0.4) is 0 Å². The van der Waals surface area contributed by atoms with Crippen LogP contribution in [-0.2, 0) is 19.6 Å². The number of Topliss-reactive ketones (excluding diaryl/α,β-unsaturated/α-hetero) is 1. The highest BCUT2D eigenvalue weighted by Crippen LogP contribution is 2.34. The molecule has 1 N–H and O–H groups in total. The van der Waals surface area contributed by atoms with Crippen molar-refractivity contribution < 1.29 is 28.5 Å². The largest absolute Gasteiger partial charge is 0.491 e. The van der Waals surface area contributed by atoms with Gasteiger partial charge in [-0.25, -0.2) is 9.37 Å². The number of nitrogens with zero attached hydrogens (tertiary/aromatic N) is 3. The molecule has 0 bridgehead atoms. The number of pyridine rings is 3. The van der Waals surface area contributed by atoms with E-state index in [2.05, 4.69) is 9.97 Å². The predicted molar refractivity (Wildman–Crippen MR) is 155 cm³/mol. The molecule has 9 nitrogen and oxygen atoms in total. The van der Waals surface area contributed by atoms with E-state index in [1.807, 2.05) is 6.92 Å². The van der Waals surface area contributed by atoms with Crippen LogP contribution < -0.4 is 19.6 Å². The molecule has 0 aliphatic rings. The zero-order valence-electron chi connectivity index (χ0n) is 23.3. The molecule has 0 spiro atoms. The van der Waals surface area contributed by atoms with Crippen LogP contribution in [0.25, 0.3) is 22.2 Å². The van der Waals surface area contributed by atoms with E-state index < -0.39 is 17.9 Å². The molecular weight excluding hydrogens is 541 g/mol. The number of methoxy groups -OCH3 is 2. The van der Waals surface area contributed by atoms with Crippen LogP contribution in [0.15, 0.2) is 77.9 Å². The van der Waals surface area contributed by atoms with E-state index in [0.29, 0.717) is 57.5 Å². The maximum absolute atomic E-state index is 13.5. The Morgan fingerprint density at radius 3 is 2.38 bits per heavy atom. The number of aliphatic hydroxyl groups excluding tert-OH is 1. The van der Waals surface area contributed by atoms with E-state index >= 15 is 0 Å². The molecule has 214 valence electrons. The van der Waals surface area contributed by atoms with Crippen molar-refractivity contribution in [3.8, 4) is 34.3 Å². The third-order valence-electron chi connectivity index (χ3n) is 6.85. The first kappa shape index (κ1) is 28.4. The lowest BCUT2D eigenvalue weighted by Crippen LogP contribution is -2.24. The van der Waals surface area contributed by atoms with Crippen molar-refractivity contribution in [2.75, 3.05) is 14.2 Å². The van der Waals surface area contributed by atoms with Crippen molar-refractivity contribution >= 4 is 16.8 Å². The molecule has 2 aromatic carbocycles. The van der Waals surface area contributed by atoms with Crippen molar-refractivity contribution in [2.24, 2.45) is 0 Å². The number of halogens is 1. The summed E-state index contributed by atoms with van der Waals surface area (Å²) in [6.45, 7) is 1.86. The van der Waals surface area contributed by atoms with Gasteiger partial charge in [-0.15, -0.1) is 0 Å². The van der Waals surface area contributed by atoms with Crippen LogP contribution in [0, 0.1) is 5.82 Å². The number of carbonyl (C=O) groups excluding carboxylic acids is 1. The Hall–Kier alpha value is -5.09. The van der Waals surface area contributed by atoms with Gasteiger partial charge in [0.2, 0.25) is 5.43 Å². The number of hydrogen-bond donors (Lipinski definition) is 1. The predicted octanol–water partition coefficient (Wildman–Crippen LogP) is 5.34. The molecule has 0 fully saturated rings. The molecular formula is C32H28FN3O6. The second kappa shape index (κ2) is 12.2. The third-order valence-corrected chi connectivity index (χ3v) is 6.85. The molecule has 0 amide bonds. The van der Waals surface area contributed by atoms with E-state index in [9.17, 15) is 19.1 Å². The lowest BCUT2D eigenvalue weighted by molar-refractivity contribution is 0.0991. The molecule has 10 heteroatoms. The summed E-state index contributed by atoms with van der Waals surface area (Å²) in [5.41, 5.74) is 2.19. The van der Waals surface area contributed by atoms with Gasteiger partial charge in [0.25, 0.3) is 5.88 Å². The van der Waals surface area contributed by atoms with Crippen molar-refractivity contribution in [3.63, 3.8) is 0 Å². The van der Waals surface area contributed by atoms with Gasteiger partial charge in [0.1, 0.15) is 17.1 Å². The maximum Gasteiger partial charge on any atom is 0.257 e. The fourth-order valence-electron chi connectivity index (χ4n) is 4.74. The first-order valence-electron chi connectivity index (χ1n) is 13.2. The molecule has 0 saturated carbocycles. The number of aryl methyl sites for hydroxylation is 1. The monoisotopic (exact) mass is 569 g/mol. The number of carbonyl (C=O) groups is 1. The zero-order chi connectivity index (χ0) is 29.8. The van der Waals surface area contributed by atoms with Gasteiger partial charge >= 0.3 is 0 Å². The summed E-state index contributed by atoms with van der Waals surface area (Å²) in [6.07, 6.45) is 3.05. The summed E-state index contributed by atoms with van der Waals surface area (Å²) >= 11 is 0. The molecule has 3 aromatic heterocycles. The van der Waals surface area contributed by atoms with Crippen LogP contribution in [0.4, 0.5) is 4.39 Å². The summed E-state index contributed by atoms with van der Waals surface area (Å²) in [5.74, 6) is 0.887. The molecule has 42 heavy (non-hydrogen) atoms. The fraction of sp³-hybridized carbons (Fsp3) is 0.188. The highest BCUT2D eigenvalue weighted by atomic mass is 19.1. The summed E-state index contributed by atoms with van der Waals surface area (Å²) in [4.78, 5) is 35.7. The van der Waals surface area contributed by atoms with Crippen molar-refractivity contribution in [1.29, 1.82) is 0 Å². The van der Waals surface area contributed by atoms with Gasteiger partial charge in [0.05, 0.1) is 43.2 Å². The van der Waals surface area contributed by atoms with Gasteiger partial charge in [-0.05, 0) is 42.3 Å². The average molecular weight is 570 g/mol. The highest BCUT2D eigenvalue weighted by molar-refractivity contribution is 5.98. The number of ether oxygens (including phenoxy) is 3. The number of aliphatic hydroxyl groups is 1. The Morgan fingerprint density at radius 1 is 1.00 bits per heavy atom. The first-order chi connectivity index (χ1) is 20.4. The van der Waals surface area contributed by atoms with Crippen LogP contribution in [0.2, 0.25) is 0 Å². The van der Waals surface area contributed by atoms with Crippen molar-refractivity contribution in [3.05, 3.63) is 106 Å². The minimum atomic E-state index is -0.510. The van der Waals surface area contributed by atoms with Gasteiger partial charge in [-0.2, -0.15) is 0 Å². The average Bonchev–Trinajstić information content (AvgIpc) is 3.01. The van der Waals surface area contributed by atoms with E-state index in [4.69, 9.17) is 14.2 Å². The summed E-state index contributed by atoms with van der Waals surface area (Å²) < 4.78 is 31.9. The van der Waals surface area contributed by atoms with Crippen molar-refractivity contribution in [1.82, 2.24) is 14.5 Å². The molecule has 0 aliphatic heterocycles. The zero-order valence-corrected chi connectivity index (χ0v) is 23.3. The Bertz CT molecular complexity index is 1820. The fourth-order valence-corrected chi connectivity index (χ4v) is 4.74. The standard InChI is InChI=1S/C32H28FN3O6/c1-4-36-17-23(31(39)29(25(36)18-37)20-7-9-21(33)10-8-20)26(38)15-19-5-11-22(12-6-19)42-27-13-14-34-24-16-28(40-2)32(41-3)35-30(24)27/h5-14,16-17,37H,4,15,18H2,1-3H3. The lowest BCUT2D eigenvalue weighted by Gasteiger charge is -2.17. The Labute approximate surface area is 240 Å². The molecule has 5 rings (SSSR count). The van der Waals surface area contributed by atoms with Gasteiger partial charge in [0.15, 0.2) is 17.3 Å². The SMILES string of the molecule is CCn1cc(C(=O)Cc2ccc(Oc3ccnc4cc(OC)c(OC)nc34)cc2)c(=O)c(-c2ccc(F)cc2)c1CO. The number of ketones is 1. The van der Waals surface area contributed by atoms with Crippen LogP contribution in [0.5, 0.6) is 23.1 Å². The summed E-state index contributed by atoms with van der Waals surface area (Å²) in [7, 11) is 3.02. The second-order valence-electron chi connectivity index (χ2n) is 9.37. The van der Waals surface area contributed by atoms with Gasteiger partial charge in [-0.1, -0.05) is 24.3 Å². The lowest BCUT2D eigenvalue weighted by atomic mass is 9.97. The number of fused-ring (bicyclic) bond motifs is 1. The van der Waals surface area contributed by atoms with E-state index in [0.717, 1.165) is 0 Å². The van der Waals surface area contributed by atoms with Gasteiger partial charge in [0, 0.05) is 37.5 Å². The highest BCUT2D eigenvalue weighted by Gasteiger charge is 2.21. The molecule has 0 saturated heterocycles. The molecule has 0 atom stereocenters. The van der Waals surface area contributed by atoms with Crippen LogP contribution in [-0.4, -0.2) is 39.6 Å². The Kier molecular flexibility index (Phi) is 8.26. The molecule has 5 aromatic rings. The first-order valence-corrected chi connectivity index (χ1v) is 13.2. The van der Waals surface area contributed by atoms with Crippen LogP contribution >= 0.6 is 0 Å². The number of hydrogen-bond acceptors (Lipinski definition) is 8. The van der Waals surface area contributed by atoms with Crippen molar-refractivity contribution in [2.45, 2.75) is 26.5 Å². The minimum Gasteiger partial charge on any atom is -0.491 e. The van der Waals surface area contributed by atoms with Gasteiger partial charge < -0.3 is 23.9 Å². The summed E-state index contributed by atoms with van der Waals surface area (Å²) in [5, 5.41) is 10.0. The van der Waals surface area contributed by atoms with Gasteiger partial charge in [-0.3, -0.25) is 14.6 Å². The maximum atomic E-state index is 13.5. The normalized spacial score (nSPS) is 11.0.